The topological polar surface area (TPSA) is 136 Å². The van der Waals surface area contributed by atoms with E-state index in [9.17, 15) is 23.1 Å². The van der Waals surface area contributed by atoms with Crippen molar-refractivity contribution in [1.82, 2.24) is 10.6 Å². The van der Waals surface area contributed by atoms with Crippen LogP contribution < -0.4 is 40.2 Å². The van der Waals surface area contributed by atoms with Gasteiger partial charge in [-0.2, -0.15) is 0 Å². The number of carbonyl (C=O) groups is 3. The van der Waals surface area contributed by atoms with Crippen molar-refractivity contribution in [3.63, 3.8) is 0 Å². The first kappa shape index (κ1) is 76.5. The number of rotatable bonds is 10. The fourth-order valence-corrected chi connectivity index (χ4v) is 2.95. The molecule has 3 N–H and O–H groups in total. The van der Waals surface area contributed by atoms with Gasteiger partial charge in [0.1, 0.15) is 6.54 Å². The predicted octanol–water partition coefficient (Wildman–Crippen LogP) is 3.77. The van der Waals surface area contributed by atoms with Crippen molar-refractivity contribution in [2.75, 3.05) is 12.3 Å². The molecule has 0 bridgehead atoms. The number of hydrogen-bond acceptors (Lipinski definition) is 5. The molecule has 0 aromatic heterocycles. The van der Waals surface area contributed by atoms with Crippen LogP contribution in [0.4, 0.5) is 0 Å². The first-order valence-corrected chi connectivity index (χ1v) is 8.93. The molecule has 0 aliphatic carbocycles. The Morgan fingerprint density at radius 2 is 1.26 bits per heavy atom. The van der Waals surface area contributed by atoms with Crippen molar-refractivity contribution in [2.24, 2.45) is 11.3 Å². The molecule has 0 aromatic rings. The Hall–Kier alpha value is -0.480. The third kappa shape index (κ3) is 33.5. The van der Waals surface area contributed by atoms with Crippen LogP contribution >= 0.6 is 0 Å². The Bertz CT molecular complexity index is 516. The van der Waals surface area contributed by atoms with Crippen LogP contribution in [-0.4, -0.2) is 49.5 Å². The Labute approximate surface area is 247 Å². The van der Waals surface area contributed by atoms with Gasteiger partial charge in [-0.15, -0.1) is 0 Å². The minimum absolute atomic E-state index is 0. The SMILES string of the molecule is C.C.C.C.C.C.C.C.C.C.CCC(CC(C)(C)C(=O)NCC(=O)O)C(=O)NC(C)(C)CS(=O)[O-].[Na+]. The van der Waals surface area contributed by atoms with E-state index in [1.165, 1.54) is 0 Å². The molecule has 0 spiro atoms. The number of amides is 2. The molecule has 0 aliphatic heterocycles. The molecular formula is C25H67N2NaO6S. The van der Waals surface area contributed by atoms with E-state index >= 15 is 0 Å². The Morgan fingerprint density at radius 1 is 0.886 bits per heavy atom. The van der Waals surface area contributed by atoms with Crippen LogP contribution in [-0.2, 0) is 25.5 Å². The summed E-state index contributed by atoms with van der Waals surface area (Å²) >= 11 is -2.28. The number of carbonyl (C=O) groups excluding carboxylic acids is 2. The molecule has 0 saturated heterocycles. The van der Waals surface area contributed by atoms with E-state index in [4.69, 9.17) is 5.11 Å². The third-order valence-electron chi connectivity index (χ3n) is 3.58. The normalized spacial score (nSPS) is 10.0. The maximum Gasteiger partial charge on any atom is 1.00 e. The van der Waals surface area contributed by atoms with E-state index in [-0.39, 0.29) is 122 Å². The van der Waals surface area contributed by atoms with Crippen LogP contribution in [0.15, 0.2) is 0 Å². The molecule has 0 rings (SSSR count). The average molecular weight is 547 g/mol. The van der Waals surface area contributed by atoms with Gasteiger partial charge in [0.2, 0.25) is 11.8 Å². The molecule has 0 saturated carbocycles. The molecule has 0 heterocycles. The molecule has 0 aliphatic rings. The van der Waals surface area contributed by atoms with Crippen LogP contribution in [0.3, 0.4) is 0 Å². The molecule has 2 amide bonds. The van der Waals surface area contributed by atoms with E-state index < -0.39 is 46.4 Å². The molecule has 35 heavy (non-hydrogen) atoms. The van der Waals surface area contributed by atoms with Gasteiger partial charge >= 0.3 is 35.5 Å². The van der Waals surface area contributed by atoms with Crippen molar-refractivity contribution in [2.45, 2.75) is 127 Å². The predicted molar refractivity (Wildman–Crippen MR) is 156 cm³/mol. The second kappa shape index (κ2) is 33.5. The van der Waals surface area contributed by atoms with Gasteiger partial charge in [-0.1, -0.05) is 106 Å². The minimum atomic E-state index is -2.28. The molecule has 0 aromatic carbocycles. The summed E-state index contributed by atoms with van der Waals surface area (Å²) in [5, 5.41) is 13.6. The molecule has 0 radical (unpaired) electrons. The van der Waals surface area contributed by atoms with Crippen molar-refractivity contribution < 1.29 is 57.8 Å². The zero-order valence-electron chi connectivity index (χ0n) is 15.8. The van der Waals surface area contributed by atoms with E-state index in [2.05, 4.69) is 10.6 Å². The van der Waals surface area contributed by atoms with E-state index in [0.29, 0.717) is 6.42 Å². The van der Waals surface area contributed by atoms with Crippen LogP contribution in [0.25, 0.3) is 0 Å². The van der Waals surface area contributed by atoms with Gasteiger partial charge in [-0.05, 0) is 26.7 Å². The standard InChI is InChI=1S/C15H28N2O6S.10CH4.Na/c1-6-10(12(20)17-15(4,5)9-24(22)23)7-14(2,3)13(21)16-8-11(18)19;;;;;;;;;;;/h10H,6-9H2,1-5H3,(H,16,21)(H,17,20)(H,18,19)(H,22,23);10*1H4;/q;;;;;;;;;;;+1/p-1. The average Bonchev–Trinajstić information content (AvgIpc) is 2.39. The molecule has 2 unspecified atom stereocenters. The zero-order chi connectivity index (χ0) is 19.1. The molecule has 220 valence electrons. The number of nitrogens with one attached hydrogen (secondary N) is 2. The molecule has 8 nitrogen and oxygen atoms in total. The van der Waals surface area contributed by atoms with Gasteiger partial charge in [0.25, 0.3) is 0 Å². The molecule has 2 atom stereocenters. The Balaban J connectivity index is -0.0000000481. The summed E-state index contributed by atoms with van der Waals surface area (Å²) in [6, 6.07) is 0. The third-order valence-corrected chi connectivity index (χ3v) is 4.53. The van der Waals surface area contributed by atoms with Gasteiger partial charge in [0.05, 0.1) is 0 Å². The summed E-state index contributed by atoms with van der Waals surface area (Å²) in [5.74, 6) is -2.62. The van der Waals surface area contributed by atoms with E-state index in [1.807, 2.05) is 0 Å². The van der Waals surface area contributed by atoms with E-state index in [1.54, 1.807) is 34.6 Å². The monoisotopic (exact) mass is 546 g/mol. The summed E-state index contributed by atoms with van der Waals surface area (Å²) < 4.78 is 21.7. The minimum Gasteiger partial charge on any atom is -0.772 e. The van der Waals surface area contributed by atoms with Gasteiger partial charge in [0, 0.05) is 22.6 Å². The van der Waals surface area contributed by atoms with Crippen LogP contribution in [0.1, 0.15) is 122 Å². The van der Waals surface area contributed by atoms with Crippen molar-refractivity contribution in [1.29, 1.82) is 0 Å². The number of carboxylic acid groups (broad SMARTS) is 1. The zero-order valence-corrected chi connectivity index (χ0v) is 18.6. The second-order valence-electron chi connectivity index (χ2n) is 7.09. The maximum absolute atomic E-state index is 12.4. The van der Waals surface area contributed by atoms with Crippen molar-refractivity contribution in [3.8, 4) is 0 Å². The Kier molecular flexibility index (Phi) is 73.2. The van der Waals surface area contributed by atoms with Crippen molar-refractivity contribution in [3.05, 3.63) is 0 Å². The van der Waals surface area contributed by atoms with Crippen molar-refractivity contribution >= 4 is 28.9 Å². The number of aliphatic carboxylic acids is 1. The van der Waals surface area contributed by atoms with Gasteiger partial charge in [-0.3, -0.25) is 18.6 Å². The quantitative estimate of drug-likeness (QED) is 0.282. The largest absolute Gasteiger partial charge is 1.00 e. The summed E-state index contributed by atoms with van der Waals surface area (Å²) in [5.41, 5.74) is -1.84. The van der Waals surface area contributed by atoms with E-state index in [0.717, 1.165) is 0 Å². The fraction of sp³-hybridized carbons (Fsp3) is 0.880. The summed E-state index contributed by atoms with van der Waals surface area (Å²) in [6.07, 6.45) is 0.690. The first-order valence-electron chi connectivity index (χ1n) is 7.68. The van der Waals surface area contributed by atoms with Crippen LogP contribution in [0.2, 0.25) is 0 Å². The summed E-state index contributed by atoms with van der Waals surface area (Å²) in [6.45, 7) is 7.81. The Morgan fingerprint density at radius 3 is 1.54 bits per heavy atom. The first-order chi connectivity index (χ1) is 10.8. The van der Waals surface area contributed by atoms with Gasteiger partial charge in [-0.25, -0.2) is 0 Å². The number of hydrogen-bond donors (Lipinski definition) is 3. The number of carboxylic acids is 1. The summed E-state index contributed by atoms with van der Waals surface area (Å²) in [4.78, 5) is 35.0. The molecule has 0 fully saturated rings. The second-order valence-corrected chi connectivity index (χ2v) is 7.99. The van der Waals surface area contributed by atoms with Crippen LogP contribution in [0, 0.1) is 11.3 Å². The fourth-order valence-electron chi connectivity index (χ4n) is 2.29. The maximum atomic E-state index is 12.4. The van der Waals surface area contributed by atoms with Crippen LogP contribution in [0.5, 0.6) is 0 Å². The summed E-state index contributed by atoms with van der Waals surface area (Å²) in [7, 11) is 0. The molecule has 10 heteroatoms. The molecular weight excluding hydrogens is 479 g/mol. The van der Waals surface area contributed by atoms with Gasteiger partial charge in [0.15, 0.2) is 0 Å². The smallest absolute Gasteiger partial charge is 0.772 e. The van der Waals surface area contributed by atoms with Gasteiger partial charge < -0.3 is 20.3 Å².